The van der Waals surface area contributed by atoms with Crippen molar-refractivity contribution < 1.29 is 17.2 Å². The first-order chi connectivity index (χ1) is 12.9. The second kappa shape index (κ2) is 6.59. The number of hydrogen-bond acceptors (Lipinski definition) is 5. The fourth-order valence-corrected chi connectivity index (χ4v) is 4.84. The van der Waals surface area contributed by atoms with E-state index in [4.69, 9.17) is 4.42 Å². The number of aromatic amines is 1. The number of H-pyrrole nitrogens is 1. The Balaban J connectivity index is 1.68. The van der Waals surface area contributed by atoms with Crippen molar-refractivity contribution in [3.05, 3.63) is 64.4 Å². The minimum Gasteiger partial charge on any atom is -0.408 e. The smallest absolute Gasteiger partial charge is 0.408 e. The molecule has 2 aromatic carbocycles. The molecule has 1 aromatic heterocycles. The van der Waals surface area contributed by atoms with Gasteiger partial charge in [-0.25, -0.2) is 17.6 Å². The highest BCUT2D eigenvalue weighted by Crippen LogP contribution is 2.29. The Labute approximate surface area is 155 Å². The Morgan fingerprint density at radius 2 is 1.96 bits per heavy atom. The third-order valence-electron chi connectivity index (χ3n) is 4.91. The molecule has 3 aromatic rings. The first-order valence-electron chi connectivity index (χ1n) is 8.44. The summed E-state index contributed by atoms with van der Waals surface area (Å²) >= 11 is 0. The molecule has 4 rings (SSSR count). The molecule has 0 aliphatic carbocycles. The monoisotopic (exact) mass is 391 g/mol. The summed E-state index contributed by atoms with van der Waals surface area (Å²) in [4.78, 5) is 15.8. The Kier molecular flexibility index (Phi) is 4.37. The highest BCUT2D eigenvalue weighted by Gasteiger charge is 2.34. The molecule has 0 spiro atoms. The number of hydrogen-bond donors (Lipinski definition) is 1. The van der Waals surface area contributed by atoms with Crippen molar-refractivity contribution in [1.29, 1.82) is 0 Å². The van der Waals surface area contributed by atoms with Crippen LogP contribution in [0.2, 0.25) is 0 Å². The molecule has 7 nitrogen and oxygen atoms in total. The number of nitrogens with one attached hydrogen (secondary N) is 1. The molecule has 142 valence electrons. The van der Waals surface area contributed by atoms with Crippen LogP contribution in [0.3, 0.4) is 0 Å². The Hall–Kier alpha value is -2.49. The summed E-state index contributed by atoms with van der Waals surface area (Å²) in [7, 11) is -1.96. The van der Waals surface area contributed by atoms with E-state index in [2.05, 4.69) is 4.98 Å². The van der Waals surface area contributed by atoms with Gasteiger partial charge in [0.05, 0.1) is 16.5 Å². The van der Waals surface area contributed by atoms with Gasteiger partial charge in [0.1, 0.15) is 5.82 Å². The lowest BCUT2D eigenvalue weighted by molar-refractivity contribution is 0.145. The van der Waals surface area contributed by atoms with Crippen LogP contribution in [-0.2, 0) is 10.0 Å². The predicted octanol–water partition coefficient (Wildman–Crippen LogP) is 1.94. The molecule has 0 bridgehead atoms. The molecule has 1 saturated heterocycles. The Morgan fingerprint density at radius 1 is 1.19 bits per heavy atom. The van der Waals surface area contributed by atoms with Gasteiger partial charge >= 0.3 is 5.76 Å². The van der Waals surface area contributed by atoms with Gasteiger partial charge in [0.15, 0.2) is 5.58 Å². The topological polar surface area (TPSA) is 86.6 Å². The molecular weight excluding hydrogens is 373 g/mol. The second-order valence-electron chi connectivity index (χ2n) is 6.55. The van der Waals surface area contributed by atoms with Gasteiger partial charge in [-0.3, -0.25) is 9.88 Å². The lowest BCUT2D eigenvalue weighted by Gasteiger charge is -2.39. The zero-order valence-electron chi connectivity index (χ0n) is 14.6. The molecule has 0 amide bonds. The van der Waals surface area contributed by atoms with Crippen molar-refractivity contribution in [3.63, 3.8) is 0 Å². The van der Waals surface area contributed by atoms with E-state index >= 15 is 0 Å². The highest BCUT2D eigenvalue weighted by molar-refractivity contribution is 7.89. The first kappa shape index (κ1) is 17.9. The maximum atomic E-state index is 14.2. The SMILES string of the molecule is CN1CCN(S(=O)(=O)c2ccc3[nH]c(=O)oc3c2)CC1c1ccccc1F. The van der Waals surface area contributed by atoms with Crippen molar-refractivity contribution in [2.45, 2.75) is 10.9 Å². The molecule has 0 radical (unpaired) electrons. The van der Waals surface area contributed by atoms with Gasteiger partial charge in [-0.2, -0.15) is 4.31 Å². The average molecular weight is 391 g/mol. The molecular formula is C18H18FN3O4S. The quantitative estimate of drug-likeness (QED) is 0.737. The van der Waals surface area contributed by atoms with E-state index in [9.17, 15) is 17.6 Å². The number of sulfonamides is 1. The lowest BCUT2D eigenvalue weighted by Crippen LogP contribution is -2.49. The Bertz CT molecular complexity index is 1150. The van der Waals surface area contributed by atoms with Crippen LogP contribution in [0.25, 0.3) is 11.1 Å². The third-order valence-corrected chi connectivity index (χ3v) is 6.77. The number of nitrogens with zero attached hydrogens (tertiary/aromatic N) is 2. The van der Waals surface area contributed by atoms with Gasteiger partial charge in [0.25, 0.3) is 0 Å². The number of aromatic nitrogens is 1. The standard InChI is InChI=1S/C18H18FN3O4S/c1-21-8-9-22(11-16(21)13-4-2-3-5-14(13)19)27(24,25)12-6-7-15-17(10-12)26-18(23)20-15/h2-7,10,16H,8-9,11H2,1H3,(H,20,23). The molecule has 1 fully saturated rings. The summed E-state index contributed by atoms with van der Waals surface area (Å²) in [5, 5.41) is 0. The number of likely N-dealkylation sites (N-methyl/N-ethyl adjacent to an activating group) is 1. The van der Waals surface area contributed by atoms with Crippen molar-refractivity contribution in [1.82, 2.24) is 14.2 Å². The molecule has 1 aliphatic heterocycles. The van der Waals surface area contributed by atoms with E-state index in [1.54, 1.807) is 18.2 Å². The second-order valence-corrected chi connectivity index (χ2v) is 8.49. The molecule has 2 heterocycles. The summed E-state index contributed by atoms with van der Waals surface area (Å²) in [6.07, 6.45) is 0. The van der Waals surface area contributed by atoms with Gasteiger partial charge in [0.2, 0.25) is 10.0 Å². The fourth-order valence-electron chi connectivity index (χ4n) is 3.38. The van der Waals surface area contributed by atoms with Gasteiger partial charge in [-0.15, -0.1) is 0 Å². The van der Waals surface area contributed by atoms with E-state index in [1.165, 1.54) is 28.6 Å². The highest BCUT2D eigenvalue weighted by atomic mass is 32.2. The molecule has 1 N–H and O–H groups in total. The Morgan fingerprint density at radius 3 is 2.74 bits per heavy atom. The largest absolute Gasteiger partial charge is 0.417 e. The average Bonchev–Trinajstić information content (AvgIpc) is 3.02. The fraction of sp³-hybridized carbons (Fsp3) is 0.278. The zero-order chi connectivity index (χ0) is 19.2. The number of halogens is 1. The van der Waals surface area contributed by atoms with Crippen LogP contribution in [-0.4, -0.2) is 49.3 Å². The molecule has 27 heavy (non-hydrogen) atoms. The van der Waals surface area contributed by atoms with Crippen LogP contribution >= 0.6 is 0 Å². The molecule has 9 heteroatoms. The van der Waals surface area contributed by atoms with Crippen LogP contribution < -0.4 is 5.76 Å². The summed E-state index contributed by atoms with van der Waals surface area (Å²) in [5.74, 6) is -0.997. The predicted molar refractivity (Wildman–Crippen MR) is 97.4 cm³/mol. The van der Waals surface area contributed by atoms with Crippen molar-refractivity contribution in [3.8, 4) is 0 Å². The van der Waals surface area contributed by atoms with Crippen molar-refractivity contribution >= 4 is 21.1 Å². The van der Waals surface area contributed by atoms with E-state index in [1.807, 2.05) is 11.9 Å². The summed E-state index contributed by atoms with van der Waals surface area (Å²) in [6, 6.07) is 10.3. The summed E-state index contributed by atoms with van der Waals surface area (Å²) in [5.41, 5.74) is 1.08. The number of benzene rings is 2. The summed E-state index contributed by atoms with van der Waals surface area (Å²) in [6.45, 7) is 0.896. The van der Waals surface area contributed by atoms with E-state index in [0.717, 1.165) is 0 Å². The van der Waals surface area contributed by atoms with Gasteiger partial charge in [0, 0.05) is 31.3 Å². The minimum atomic E-state index is -3.81. The number of fused-ring (bicyclic) bond motifs is 1. The normalized spacial score (nSPS) is 19.6. The van der Waals surface area contributed by atoms with Crippen LogP contribution in [0.4, 0.5) is 4.39 Å². The van der Waals surface area contributed by atoms with Crippen molar-refractivity contribution in [2.75, 3.05) is 26.7 Å². The summed E-state index contributed by atoms with van der Waals surface area (Å²) < 4.78 is 46.7. The maximum Gasteiger partial charge on any atom is 0.417 e. The number of rotatable bonds is 3. The van der Waals surface area contributed by atoms with Crippen LogP contribution in [0.15, 0.2) is 56.6 Å². The van der Waals surface area contributed by atoms with Gasteiger partial charge < -0.3 is 4.42 Å². The van der Waals surface area contributed by atoms with Gasteiger partial charge in [-0.05, 0) is 25.2 Å². The van der Waals surface area contributed by atoms with Crippen LogP contribution in [0.1, 0.15) is 11.6 Å². The number of oxazole rings is 1. The van der Waals surface area contributed by atoms with E-state index in [0.29, 0.717) is 24.2 Å². The lowest BCUT2D eigenvalue weighted by atomic mass is 10.0. The minimum absolute atomic E-state index is 0.0367. The van der Waals surface area contributed by atoms with Crippen LogP contribution in [0, 0.1) is 5.82 Å². The first-order valence-corrected chi connectivity index (χ1v) is 9.88. The van der Waals surface area contributed by atoms with Crippen LogP contribution in [0.5, 0.6) is 0 Å². The number of piperazine rings is 1. The zero-order valence-corrected chi connectivity index (χ0v) is 15.4. The third kappa shape index (κ3) is 3.18. The maximum absolute atomic E-state index is 14.2. The van der Waals surface area contributed by atoms with Crippen molar-refractivity contribution in [2.24, 2.45) is 0 Å². The van der Waals surface area contributed by atoms with E-state index < -0.39 is 15.8 Å². The molecule has 1 unspecified atom stereocenters. The molecule has 1 aliphatic rings. The molecule has 0 saturated carbocycles. The molecule has 1 atom stereocenters. The van der Waals surface area contributed by atoms with Gasteiger partial charge in [-0.1, -0.05) is 18.2 Å². The van der Waals surface area contributed by atoms with E-state index in [-0.39, 0.29) is 28.9 Å².